The number of hydrogen-bond acceptors (Lipinski definition) is 1. The summed E-state index contributed by atoms with van der Waals surface area (Å²) in [5.74, 6) is -0.351. The van der Waals surface area contributed by atoms with Gasteiger partial charge in [0.15, 0.2) is 0 Å². The first kappa shape index (κ1) is 12.6. The molecule has 2 aromatic carbocycles. The minimum atomic E-state index is -0.351. The van der Waals surface area contributed by atoms with Crippen LogP contribution in [0.2, 0.25) is 5.02 Å². The zero-order valence-electron chi connectivity index (χ0n) is 10.7. The number of hydrogen-bond donors (Lipinski definition) is 1. The Bertz CT molecular complexity index is 620. The van der Waals surface area contributed by atoms with Gasteiger partial charge in [0.1, 0.15) is 5.82 Å². The monoisotopic (exact) mass is 275 g/mol. The van der Waals surface area contributed by atoms with E-state index >= 15 is 0 Å². The second-order valence-electron chi connectivity index (χ2n) is 5.01. The van der Waals surface area contributed by atoms with Crippen molar-refractivity contribution in [1.29, 1.82) is 0 Å². The van der Waals surface area contributed by atoms with Gasteiger partial charge in [-0.1, -0.05) is 41.9 Å². The Morgan fingerprint density at radius 3 is 2.58 bits per heavy atom. The highest BCUT2D eigenvalue weighted by Crippen LogP contribution is 2.46. The molecule has 0 spiro atoms. The van der Waals surface area contributed by atoms with Crippen LogP contribution in [0.25, 0.3) is 11.1 Å². The molecule has 0 aliphatic heterocycles. The quantitative estimate of drug-likeness (QED) is 0.878. The van der Waals surface area contributed by atoms with Gasteiger partial charge in [-0.3, -0.25) is 0 Å². The smallest absolute Gasteiger partial charge is 0.149 e. The number of nitrogens with one attached hydrogen (secondary N) is 1. The molecule has 0 bridgehead atoms. The van der Waals surface area contributed by atoms with Crippen molar-refractivity contribution >= 4 is 11.6 Å². The fraction of sp³-hybridized carbons (Fsp3) is 0.250. The van der Waals surface area contributed by atoms with Gasteiger partial charge in [0.25, 0.3) is 0 Å². The molecule has 0 heterocycles. The Hall–Kier alpha value is -1.38. The molecule has 1 N–H and O–H groups in total. The summed E-state index contributed by atoms with van der Waals surface area (Å²) in [5.41, 5.74) is 2.73. The maximum Gasteiger partial charge on any atom is 0.149 e. The highest BCUT2D eigenvalue weighted by Gasteiger charge is 2.42. The van der Waals surface area contributed by atoms with Gasteiger partial charge in [0.05, 0.1) is 5.02 Å². The van der Waals surface area contributed by atoms with E-state index in [9.17, 15) is 4.39 Å². The normalized spacial score (nSPS) is 16.4. The third-order valence-electron chi connectivity index (χ3n) is 3.91. The first-order chi connectivity index (χ1) is 9.16. The average Bonchev–Trinajstić information content (AvgIpc) is 3.23. The molecule has 0 saturated heterocycles. The molecule has 0 amide bonds. The van der Waals surface area contributed by atoms with Gasteiger partial charge in [-0.25, -0.2) is 4.39 Å². The van der Waals surface area contributed by atoms with Gasteiger partial charge in [0.2, 0.25) is 0 Å². The minimum Gasteiger partial charge on any atom is -0.310 e. The standard InChI is InChI=1S/C16H15ClFN/c1-19-16(8-9-16)12-5-2-4-11(10-12)13-6-3-7-14(17)15(13)18/h2-7,10,19H,8-9H2,1H3. The number of rotatable bonds is 3. The van der Waals surface area contributed by atoms with Crippen LogP contribution in [0.15, 0.2) is 42.5 Å². The van der Waals surface area contributed by atoms with Crippen LogP contribution in [0, 0.1) is 5.82 Å². The van der Waals surface area contributed by atoms with Crippen LogP contribution in [-0.4, -0.2) is 7.05 Å². The molecule has 98 valence electrons. The Balaban J connectivity index is 2.07. The predicted octanol–water partition coefficient (Wildman–Crippen LogP) is 4.35. The lowest BCUT2D eigenvalue weighted by Gasteiger charge is -2.16. The Kier molecular flexibility index (Phi) is 3.08. The zero-order valence-corrected chi connectivity index (χ0v) is 11.5. The lowest BCUT2D eigenvalue weighted by Crippen LogP contribution is -2.24. The summed E-state index contributed by atoms with van der Waals surface area (Å²) in [6.45, 7) is 0. The summed E-state index contributed by atoms with van der Waals surface area (Å²) in [6.07, 6.45) is 2.26. The molecule has 0 aromatic heterocycles. The van der Waals surface area contributed by atoms with Gasteiger partial charge in [-0.05, 0) is 43.1 Å². The van der Waals surface area contributed by atoms with Crippen molar-refractivity contribution in [3.8, 4) is 11.1 Å². The molecule has 0 atom stereocenters. The van der Waals surface area contributed by atoms with Gasteiger partial charge >= 0.3 is 0 Å². The van der Waals surface area contributed by atoms with E-state index < -0.39 is 0 Å². The largest absolute Gasteiger partial charge is 0.310 e. The summed E-state index contributed by atoms with van der Waals surface area (Å²) in [5, 5.41) is 3.52. The van der Waals surface area contributed by atoms with Gasteiger partial charge in [0, 0.05) is 11.1 Å². The fourth-order valence-corrected chi connectivity index (χ4v) is 2.69. The van der Waals surface area contributed by atoms with E-state index in [2.05, 4.69) is 17.4 Å². The maximum absolute atomic E-state index is 14.1. The van der Waals surface area contributed by atoms with Gasteiger partial charge in [-0.2, -0.15) is 0 Å². The van der Waals surface area contributed by atoms with E-state index in [-0.39, 0.29) is 16.4 Å². The highest BCUT2D eigenvalue weighted by molar-refractivity contribution is 6.31. The van der Waals surface area contributed by atoms with Crippen molar-refractivity contribution in [3.05, 3.63) is 58.9 Å². The van der Waals surface area contributed by atoms with Crippen LogP contribution in [0.1, 0.15) is 18.4 Å². The molecule has 19 heavy (non-hydrogen) atoms. The second-order valence-corrected chi connectivity index (χ2v) is 5.42. The van der Waals surface area contributed by atoms with E-state index in [1.165, 1.54) is 5.56 Å². The van der Waals surface area contributed by atoms with Crippen LogP contribution in [0.3, 0.4) is 0 Å². The SMILES string of the molecule is CNC1(c2cccc(-c3cccc(Cl)c3F)c2)CC1. The molecule has 2 aromatic rings. The molecule has 3 heteroatoms. The molecule has 1 saturated carbocycles. The minimum absolute atomic E-state index is 0.0884. The summed E-state index contributed by atoms with van der Waals surface area (Å²) in [7, 11) is 1.97. The van der Waals surface area contributed by atoms with Gasteiger partial charge in [-0.15, -0.1) is 0 Å². The van der Waals surface area contributed by atoms with Gasteiger partial charge < -0.3 is 5.32 Å². The lowest BCUT2D eigenvalue weighted by atomic mass is 9.98. The topological polar surface area (TPSA) is 12.0 Å². The summed E-state index contributed by atoms with van der Waals surface area (Å²) in [6, 6.07) is 13.2. The molecule has 1 aliphatic rings. The number of halogens is 2. The molecule has 1 aliphatic carbocycles. The molecular weight excluding hydrogens is 261 g/mol. The van der Waals surface area contributed by atoms with Crippen LogP contribution >= 0.6 is 11.6 Å². The van der Waals surface area contributed by atoms with Crippen LogP contribution in [-0.2, 0) is 5.54 Å². The van der Waals surface area contributed by atoms with Crippen LogP contribution < -0.4 is 5.32 Å². The van der Waals surface area contributed by atoms with Crippen molar-refractivity contribution in [2.24, 2.45) is 0 Å². The second kappa shape index (κ2) is 4.62. The zero-order chi connectivity index (χ0) is 13.5. The average molecular weight is 276 g/mol. The summed E-state index contributed by atoms with van der Waals surface area (Å²) in [4.78, 5) is 0. The molecular formula is C16H15ClFN. The maximum atomic E-state index is 14.1. The Morgan fingerprint density at radius 2 is 1.89 bits per heavy atom. The van der Waals surface area contributed by atoms with E-state index in [4.69, 9.17) is 11.6 Å². The van der Waals surface area contributed by atoms with E-state index in [0.29, 0.717) is 5.56 Å². The van der Waals surface area contributed by atoms with Crippen molar-refractivity contribution in [2.45, 2.75) is 18.4 Å². The van der Waals surface area contributed by atoms with Crippen LogP contribution in [0.5, 0.6) is 0 Å². The highest BCUT2D eigenvalue weighted by atomic mass is 35.5. The van der Waals surface area contributed by atoms with E-state index in [0.717, 1.165) is 18.4 Å². The first-order valence-electron chi connectivity index (χ1n) is 6.40. The summed E-state index contributed by atoms with van der Waals surface area (Å²) >= 11 is 5.85. The van der Waals surface area contributed by atoms with Crippen molar-refractivity contribution in [2.75, 3.05) is 7.05 Å². The molecule has 1 nitrogen and oxygen atoms in total. The lowest BCUT2D eigenvalue weighted by molar-refractivity contribution is 0.585. The Morgan fingerprint density at radius 1 is 1.16 bits per heavy atom. The third-order valence-corrected chi connectivity index (χ3v) is 4.20. The molecule has 3 rings (SSSR count). The predicted molar refractivity (Wildman–Crippen MR) is 76.8 cm³/mol. The van der Waals surface area contributed by atoms with E-state index in [1.54, 1.807) is 18.2 Å². The molecule has 1 fully saturated rings. The van der Waals surface area contributed by atoms with Crippen molar-refractivity contribution in [3.63, 3.8) is 0 Å². The fourth-order valence-electron chi connectivity index (χ4n) is 2.52. The van der Waals surface area contributed by atoms with Crippen molar-refractivity contribution < 1.29 is 4.39 Å². The first-order valence-corrected chi connectivity index (χ1v) is 6.78. The summed E-state index contributed by atoms with van der Waals surface area (Å²) < 4.78 is 14.1. The molecule has 0 unspecified atom stereocenters. The van der Waals surface area contributed by atoms with Crippen LogP contribution in [0.4, 0.5) is 4.39 Å². The molecule has 0 radical (unpaired) electrons. The van der Waals surface area contributed by atoms with Crippen molar-refractivity contribution in [1.82, 2.24) is 5.32 Å². The number of benzene rings is 2. The van der Waals surface area contributed by atoms with E-state index in [1.807, 2.05) is 19.2 Å². The third kappa shape index (κ3) is 2.15. The Labute approximate surface area is 117 Å².